The van der Waals surface area contributed by atoms with Crippen LogP contribution in [0.1, 0.15) is 28.2 Å². The quantitative estimate of drug-likeness (QED) is 0.909. The average molecular weight is 282 g/mol. The van der Waals surface area contributed by atoms with Crippen molar-refractivity contribution < 1.29 is 4.79 Å². The van der Waals surface area contributed by atoms with Crippen molar-refractivity contribution in [3.63, 3.8) is 0 Å². The molecule has 0 radical (unpaired) electrons. The maximum Gasteiger partial charge on any atom is 0.253 e. The molecule has 2 heterocycles. The number of hydrogen-bond donors (Lipinski definition) is 2. The van der Waals surface area contributed by atoms with Gasteiger partial charge < -0.3 is 11.1 Å². The van der Waals surface area contributed by atoms with E-state index in [4.69, 9.17) is 17.3 Å². The molecule has 0 fully saturated rings. The molecule has 0 bridgehead atoms. The second kappa shape index (κ2) is 5.37. The largest absolute Gasteiger partial charge is 0.384 e. The summed E-state index contributed by atoms with van der Waals surface area (Å²) in [7, 11) is 0. The fraction of sp³-hybridized carbons (Fsp3) is 0.167. The highest BCUT2D eigenvalue weighted by Crippen LogP contribution is 2.26. The van der Waals surface area contributed by atoms with Gasteiger partial charge in [-0.1, -0.05) is 11.6 Å². The van der Waals surface area contributed by atoms with Crippen LogP contribution in [0.5, 0.6) is 0 Å². The Bertz CT molecular complexity index is 553. The molecule has 4 nitrogen and oxygen atoms in total. The number of nitrogen functional groups attached to an aromatic ring is 1. The van der Waals surface area contributed by atoms with Crippen molar-refractivity contribution in [1.82, 2.24) is 10.3 Å². The second-order valence-electron chi connectivity index (χ2n) is 3.81. The molecule has 1 unspecified atom stereocenters. The van der Waals surface area contributed by atoms with Crippen LogP contribution in [0.25, 0.3) is 0 Å². The molecule has 0 saturated heterocycles. The number of halogens is 1. The molecule has 2 aromatic rings. The lowest BCUT2D eigenvalue weighted by atomic mass is 10.2. The third kappa shape index (κ3) is 3.00. The SMILES string of the molecule is CC(NC(=O)c1ccc(N)nc1)c1ccc(Cl)s1. The third-order valence-electron chi connectivity index (χ3n) is 2.42. The Hall–Kier alpha value is -1.59. The Morgan fingerprint density at radius 3 is 2.78 bits per heavy atom. The van der Waals surface area contributed by atoms with Gasteiger partial charge in [-0.15, -0.1) is 11.3 Å². The zero-order chi connectivity index (χ0) is 13.1. The van der Waals surface area contributed by atoms with Crippen LogP contribution in [0, 0.1) is 0 Å². The van der Waals surface area contributed by atoms with Gasteiger partial charge in [-0.25, -0.2) is 4.98 Å². The van der Waals surface area contributed by atoms with E-state index in [9.17, 15) is 4.79 Å². The maximum atomic E-state index is 11.9. The molecule has 0 aromatic carbocycles. The molecule has 0 spiro atoms. The van der Waals surface area contributed by atoms with Gasteiger partial charge in [-0.3, -0.25) is 4.79 Å². The van der Waals surface area contributed by atoms with Crippen LogP contribution >= 0.6 is 22.9 Å². The number of aromatic nitrogens is 1. The number of nitrogens with two attached hydrogens (primary N) is 1. The summed E-state index contributed by atoms with van der Waals surface area (Å²) in [6.45, 7) is 1.91. The van der Waals surface area contributed by atoms with Crippen molar-refractivity contribution in [2.75, 3.05) is 5.73 Å². The number of rotatable bonds is 3. The first-order chi connectivity index (χ1) is 8.56. The molecule has 18 heavy (non-hydrogen) atoms. The number of anilines is 1. The summed E-state index contributed by atoms with van der Waals surface area (Å²) in [6, 6.07) is 6.87. The predicted molar refractivity (Wildman–Crippen MR) is 73.9 cm³/mol. The second-order valence-corrected chi connectivity index (χ2v) is 5.56. The monoisotopic (exact) mass is 281 g/mol. The molecule has 2 rings (SSSR count). The van der Waals surface area contributed by atoms with Crippen LogP contribution in [0.2, 0.25) is 4.34 Å². The molecule has 1 amide bonds. The topological polar surface area (TPSA) is 68.0 Å². The number of nitrogens with zero attached hydrogens (tertiary/aromatic N) is 1. The Kier molecular flexibility index (Phi) is 3.84. The Balaban J connectivity index is 2.05. The van der Waals surface area contributed by atoms with Crippen LogP contribution in [0.3, 0.4) is 0 Å². The van der Waals surface area contributed by atoms with E-state index in [1.165, 1.54) is 17.5 Å². The smallest absolute Gasteiger partial charge is 0.253 e. The van der Waals surface area contributed by atoms with Gasteiger partial charge in [0.15, 0.2) is 0 Å². The standard InChI is InChI=1S/C12H12ClN3OS/c1-7(9-3-4-10(13)18-9)16-12(17)8-2-5-11(14)15-6-8/h2-7H,1H3,(H2,14,15)(H,16,17). The molecule has 94 valence electrons. The van der Waals surface area contributed by atoms with Crippen molar-refractivity contribution >= 4 is 34.7 Å². The molecule has 0 aliphatic carbocycles. The predicted octanol–water partition coefficient (Wildman–Crippen LogP) is 2.87. The van der Waals surface area contributed by atoms with E-state index in [0.29, 0.717) is 15.7 Å². The van der Waals surface area contributed by atoms with Crippen molar-refractivity contribution in [3.05, 3.63) is 45.2 Å². The minimum absolute atomic E-state index is 0.0902. The number of nitrogens with one attached hydrogen (secondary N) is 1. The number of hydrogen-bond acceptors (Lipinski definition) is 4. The zero-order valence-corrected chi connectivity index (χ0v) is 11.3. The Morgan fingerprint density at radius 1 is 1.44 bits per heavy atom. The van der Waals surface area contributed by atoms with Gasteiger partial charge in [0.25, 0.3) is 5.91 Å². The Morgan fingerprint density at radius 2 is 2.22 bits per heavy atom. The third-order valence-corrected chi connectivity index (χ3v) is 3.83. The van der Waals surface area contributed by atoms with Gasteiger partial charge in [-0.05, 0) is 31.2 Å². The molecule has 1 atom stereocenters. The van der Waals surface area contributed by atoms with E-state index in [0.717, 1.165) is 4.88 Å². The summed E-state index contributed by atoms with van der Waals surface area (Å²) >= 11 is 7.31. The molecule has 2 aromatic heterocycles. The maximum absolute atomic E-state index is 11.9. The summed E-state index contributed by atoms with van der Waals surface area (Å²) in [6.07, 6.45) is 1.46. The van der Waals surface area contributed by atoms with Crippen LogP contribution in [0.15, 0.2) is 30.5 Å². The van der Waals surface area contributed by atoms with Gasteiger partial charge in [0, 0.05) is 11.1 Å². The molecular formula is C12H12ClN3OS. The summed E-state index contributed by atoms with van der Waals surface area (Å²) in [5.41, 5.74) is 5.95. The molecule has 0 aliphatic rings. The number of carbonyl (C=O) groups is 1. The van der Waals surface area contributed by atoms with Crippen molar-refractivity contribution in [1.29, 1.82) is 0 Å². The average Bonchev–Trinajstić information content (AvgIpc) is 2.76. The summed E-state index contributed by atoms with van der Waals surface area (Å²) in [4.78, 5) is 16.8. The van der Waals surface area contributed by atoms with Gasteiger partial charge in [0.1, 0.15) is 5.82 Å². The van der Waals surface area contributed by atoms with Crippen molar-refractivity contribution in [3.8, 4) is 0 Å². The van der Waals surface area contributed by atoms with Gasteiger partial charge in [0.05, 0.1) is 15.9 Å². The first kappa shape index (κ1) is 12.9. The van der Waals surface area contributed by atoms with Gasteiger partial charge in [0.2, 0.25) is 0 Å². The van der Waals surface area contributed by atoms with Crippen LogP contribution < -0.4 is 11.1 Å². The van der Waals surface area contributed by atoms with E-state index in [1.54, 1.807) is 12.1 Å². The summed E-state index contributed by atoms with van der Waals surface area (Å²) in [5, 5.41) is 2.88. The fourth-order valence-corrected chi connectivity index (χ4v) is 2.52. The molecule has 6 heteroatoms. The fourth-order valence-electron chi connectivity index (χ4n) is 1.45. The number of carbonyl (C=O) groups excluding carboxylic acids is 1. The van der Waals surface area contributed by atoms with E-state index in [-0.39, 0.29) is 11.9 Å². The first-order valence-electron chi connectivity index (χ1n) is 5.34. The van der Waals surface area contributed by atoms with E-state index >= 15 is 0 Å². The van der Waals surface area contributed by atoms with Crippen LogP contribution in [-0.2, 0) is 0 Å². The summed E-state index contributed by atoms with van der Waals surface area (Å²) < 4.78 is 0.709. The molecule has 0 saturated carbocycles. The number of thiophene rings is 1. The molecular weight excluding hydrogens is 270 g/mol. The van der Waals surface area contributed by atoms with Gasteiger partial charge in [-0.2, -0.15) is 0 Å². The number of pyridine rings is 1. The van der Waals surface area contributed by atoms with Crippen LogP contribution in [-0.4, -0.2) is 10.9 Å². The lowest BCUT2D eigenvalue weighted by molar-refractivity contribution is 0.0940. The van der Waals surface area contributed by atoms with E-state index in [1.807, 2.05) is 19.1 Å². The summed E-state index contributed by atoms with van der Waals surface area (Å²) in [5.74, 6) is 0.212. The lowest BCUT2D eigenvalue weighted by Gasteiger charge is -2.11. The van der Waals surface area contributed by atoms with Crippen molar-refractivity contribution in [2.24, 2.45) is 0 Å². The molecule has 0 aliphatic heterocycles. The highest BCUT2D eigenvalue weighted by atomic mass is 35.5. The minimum atomic E-state index is -0.181. The Labute approximate surface area is 114 Å². The highest BCUT2D eigenvalue weighted by molar-refractivity contribution is 7.16. The normalized spacial score (nSPS) is 12.1. The number of amides is 1. The van der Waals surface area contributed by atoms with Gasteiger partial charge >= 0.3 is 0 Å². The lowest BCUT2D eigenvalue weighted by Crippen LogP contribution is -2.26. The zero-order valence-electron chi connectivity index (χ0n) is 9.68. The first-order valence-corrected chi connectivity index (χ1v) is 6.53. The van der Waals surface area contributed by atoms with E-state index in [2.05, 4.69) is 10.3 Å². The minimum Gasteiger partial charge on any atom is -0.384 e. The highest BCUT2D eigenvalue weighted by Gasteiger charge is 2.13. The molecule has 3 N–H and O–H groups in total. The van der Waals surface area contributed by atoms with E-state index < -0.39 is 0 Å². The van der Waals surface area contributed by atoms with Crippen molar-refractivity contribution in [2.45, 2.75) is 13.0 Å². The van der Waals surface area contributed by atoms with Crippen LogP contribution in [0.4, 0.5) is 5.82 Å².